The first-order valence-corrected chi connectivity index (χ1v) is 7.49. The normalized spacial score (nSPS) is 12.1. The molecule has 0 amide bonds. The van der Waals surface area contributed by atoms with Gasteiger partial charge in [-0.3, -0.25) is 10.1 Å². The standard InChI is InChI=1S/C16H17BrN2O2/c1-11-4-2-5-12(8-11)9-14(18)10-13-6-3-7-15(16(13)17)19(20)21/h2-8,14H,9-10,18H2,1H3. The molecule has 0 saturated carbocycles. The van der Waals surface area contributed by atoms with E-state index in [-0.39, 0.29) is 16.7 Å². The minimum atomic E-state index is -0.389. The molecule has 0 spiro atoms. The van der Waals surface area contributed by atoms with Gasteiger partial charge in [0, 0.05) is 12.1 Å². The second-order valence-electron chi connectivity index (χ2n) is 5.16. The molecule has 2 rings (SSSR count). The van der Waals surface area contributed by atoms with Gasteiger partial charge < -0.3 is 5.73 Å². The molecule has 0 aliphatic heterocycles. The maximum absolute atomic E-state index is 10.9. The first kappa shape index (κ1) is 15.7. The van der Waals surface area contributed by atoms with Gasteiger partial charge in [-0.25, -0.2) is 0 Å². The first-order chi connectivity index (χ1) is 9.97. The van der Waals surface area contributed by atoms with Crippen molar-refractivity contribution in [1.29, 1.82) is 0 Å². The van der Waals surface area contributed by atoms with Crippen LogP contribution in [-0.2, 0) is 12.8 Å². The van der Waals surface area contributed by atoms with Crippen LogP contribution in [0.25, 0.3) is 0 Å². The van der Waals surface area contributed by atoms with Crippen LogP contribution >= 0.6 is 15.9 Å². The molecule has 5 heteroatoms. The van der Waals surface area contributed by atoms with Gasteiger partial charge in [0.1, 0.15) is 0 Å². The lowest BCUT2D eigenvalue weighted by atomic mass is 9.98. The van der Waals surface area contributed by atoms with Crippen molar-refractivity contribution >= 4 is 21.6 Å². The molecule has 0 aromatic heterocycles. The lowest BCUT2D eigenvalue weighted by Gasteiger charge is -2.13. The average molecular weight is 349 g/mol. The van der Waals surface area contributed by atoms with Gasteiger partial charge in [0.2, 0.25) is 0 Å². The number of hydrogen-bond donors (Lipinski definition) is 1. The second-order valence-corrected chi connectivity index (χ2v) is 5.96. The van der Waals surface area contributed by atoms with E-state index in [1.54, 1.807) is 6.07 Å². The molecular formula is C16H17BrN2O2. The number of nitro groups is 1. The molecule has 0 aliphatic rings. The van der Waals surface area contributed by atoms with Gasteiger partial charge in [0.25, 0.3) is 5.69 Å². The molecule has 1 atom stereocenters. The van der Waals surface area contributed by atoms with Crippen molar-refractivity contribution in [3.8, 4) is 0 Å². The van der Waals surface area contributed by atoms with Crippen LogP contribution in [0.5, 0.6) is 0 Å². The van der Waals surface area contributed by atoms with Crippen LogP contribution in [0.2, 0.25) is 0 Å². The molecule has 0 bridgehead atoms. The quantitative estimate of drug-likeness (QED) is 0.660. The van der Waals surface area contributed by atoms with E-state index in [4.69, 9.17) is 5.73 Å². The van der Waals surface area contributed by atoms with Gasteiger partial charge in [-0.2, -0.15) is 0 Å². The summed E-state index contributed by atoms with van der Waals surface area (Å²) in [6, 6.07) is 13.2. The highest BCUT2D eigenvalue weighted by Gasteiger charge is 2.16. The predicted octanol–water partition coefficient (Wildman–Crippen LogP) is 3.78. The van der Waals surface area contributed by atoms with E-state index in [1.165, 1.54) is 17.2 Å². The minimum Gasteiger partial charge on any atom is -0.327 e. The van der Waals surface area contributed by atoms with Crippen molar-refractivity contribution < 1.29 is 4.92 Å². The van der Waals surface area contributed by atoms with Gasteiger partial charge in [-0.15, -0.1) is 0 Å². The molecule has 1 unspecified atom stereocenters. The summed E-state index contributed by atoms with van der Waals surface area (Å²) in [5.41, 5.74) is 9.53. The van der Waals surface area contributed by atoms with Crippen LogP contribution in [0.1, 0.15) is 16.7 Å². The fraction of sp³-hybridized carbons (Fsp3) is 0.250. The number of nitrogens with zero attached hydrogens (tertiary/aromatic N) is 1. The third-order valence-electron chi connectivity index (χ3n) is 3.32. The number of aryl methyl sites for hydroxylation is 1. The summed E-state index contributed by atoms with van der Waals surface area (Å²) in [5, 5.41) is 10.9. The zero-order chi connectivity index (χ0) is 15.4. The van der Waals surface area contributed by atoms with Crippen LogP contribution < -0.4 is 5.73 Å². The number of halogens is 1. The molecule has 0 heterocycles. The molecule has 2 aromatic rings. The largest absolute Gasteiger partial charge is 0.327 e. The van der Waals surface area contributed by atoms with Gasteiger partial charge in [-0.05, 0) is 46.8 Å². The molecule has 110 valence electrons. The van der Waals surface area contributed by atoms with Gasteiger partial charge >= 0.3 is 0 Å². The monoisotopic (exact) mass is 348 g/mol. The zero-order valence-corrected chi connectivity index (χ0v) is 13.3. The second kappa shape index (κ2) is 6.83. The maximum atomic E-state index is 10.9. The van der Waals surface area contributed by atoms with Gasteiger partial charge in [-0.1, -0.05) is 42.0 Å². The summed E-state index contributed by atoms with van der Waals surface area (Å²) < 4.78 is 0.523. The van der Waals surface area contributed by atoms with Crippen LogP contribution in [-0.4, -0.2) is 11.0 Å². The predicted molar refractivity (Wildman–Crippen MR) is 87.4 cm³/mol. The zero-order valence-electron chi connectivity index (χ0n) is 11.8. The Hall–Kier alpha value is -1.72. The molecule has 2 N–H and O–H groups in total. The highest BCUT2D eigenvalue weighted by atomic mass is 79.9. The van der Waals surface area contributed by atoms with Crippen LogP contribution in [0, 0.1) is 17.0 Å². The van der Waals surface area contributed by atoms with Crippen molar-refractivity contribution in [2.75, 3.05) is 0 Å². The lowest BCUT2D eigenvalue weighted by molar-refractivity contribution is -0.385. The number of hydrogen-bond acceptors (Lipinski definition) is 3. The summed E-state index contributed by atoms with van der Waals surface area (Å²) in [4.78, 5) is 10.5. The minimum absolute atomic E-state index is 0.0786. The Morgan fingerprint density at radius 1 is 1.24 bits per heavy atom. The number of rotatable bonds is 5. The Morgan fingerprint density at radius 2 is 1.95 bits per heavy atom. The summed E-state index contributed by atoms with van der Waals surface area (Å²) in [6.07, 6.45) is 1.34. The Kier molecular flexibility index (Phi) is 5.09. The fourth-order valence-electron chi connectivity index (χ4n) is 2.36. The first-order valence-electron chi connectivity index (χ1n) is 6.70. The molecular weight excluding hydrogens is 332 g/mol. The summed E-state index contributed by atoms with van der Waals surface area (Å²) in [7, 11) is 0. The average Bonchev–Trinajstić information content (AvgIpc) is 2.40. The van der Waals surface area contributed by atoms with E-state index < -0.39 is 0 Å². The van der Waals surface area contributed by atoms with Gasteiger partial charge in [0.05, 0.1) is 9.40 Å². The molecule has 0 saturated heterocycles. The molecule has 0 radical (unpaired) electrons. The number of nitro benzene ring substituents is 1. The molecule has 0 aliphatic carbocycles. The van der Waals surface area contributed by atoms with Crippen LogP contribution in [0.3, 0.4) is 0 Å². The molecule has 21 heavy (non-hydrogen) atoms. The highest BCUT2D eigenvalue weighted by Crippen LogP contribution is 2.29. The third kappa shape index (κ3) is 4.12. The molecule has 2 aromatic carbocycles. The Morgan fingerprint density at radius 3 is 2.62 bits per heavy atom. The fourth-order valence-corrected chi connectivity index (χ4v) is 2.93. The lowest BCUT2D eigenvalue weighted by Crippen LogP contribution is -2.25. The smallest absolute Gasteiger partial charge is 0.283 e. The van der Waals surface area contributed by atoms with E-state index in [2.05, 4.69) is 28.1 Å². The van der Waals surface area contributed by atoms with Crippen molar-refractivity contribution in [1.82, 2.24) is 0 Å². The number of nitrogens with two attached hydrogens (primary N) is 1. The van der Waals surface area contributed by atoms with E-state index in [0.29, 0.717) is 10.9 Å². The summed E-state index contributed by atoms with van der Waals surface area (Å²) >= 11 is 3.31. The van der Waals surface area contributed by atoms with Crippen LogP contribution in [0.4, 0.5) is 5.69 Å². The summed E-state index contributed by atoms with van der Waals surface area (Å²) in [5.74, 6) is 0. The molecule has 0 fully saturated rings. The van der Waals surface area contributed by atoms with Crippen LogP contribution in [0.15, 0.2) is 46.9 Å². The maximum Gasteiger partial charge on any atom is 0.283 e. The SMILES string of the molecule is Cc1cccc(CC(N)Cc2cccc([N+](=O)[O-])c2Br)c1. The summed E-state index contributed by atoms with van der Waals surface area (Å²) in [6.45, 7) is 2.05. The Balaban J connectivity index is 2.11. The third-order valence-corrected chi connectivity index (χ3v) is 4.23. The number of benzene rings is 2. The topological polar surface area (TPSA) is 69.2 Å². The molecule has 4 nitrogen and oxygen atoms in total. The Bertz CT molecular complexity index is 658. The van der Waals surface area contributed by atoms with Crippen molar-refractivity contribution in [3.63, 3.8) is 0 Å². The van der Waals surface area contributed by atoms with E-state index >= 15 is 0 Å². The van der Waals surface area contributed by atoms with Gasteiger partial charge in [0.15, 0.2) is 0 Å². The van der Waals surface area contributed by atoms with E-state index in [9.17, 15) is 10.1 Å². The van der Waals surface area contributed by atoms with Crippen molar-refractivity contribution in [2.45, 2.75) is 25.8 Å². The van der Waals surface area contributed by atoms with Crippen molar-refractivity contribution in [3.05, 3.63) is 73.7 Å². The van der Waals surface area contributed by atoms with E-state index in [0.717, 1.165) is 12.0 Å². The Labute approximate surface area is 132 Å². The highest BCUT2D eigenvalue weighted by molar-refractivity contribution is 9.10. The van der Waals surface area contributed by atoms with Crippen molar-refractivity contribution in [2.24, 2.45) is 5.73 Å². The van der Waals surface area contributed by atoms with E-state index in [1.807, 2.05) is 25.1 Å².